The Kier molecular flexibility index (Phi) is 3.49. The normalized spacial score (nSPS) is 11.9. The zero-order valence-electron chi connectivity index (χ0n) is 9.07. The van der Waals surface area contributed by atoms with E-state index in [9.17, 15) is 4.79 Å². The van der Waals surface area contributed by atoms with Gasteiger partial charge in [-0.1, -0.05) is 0 Å². The van der Waals surface area contributed by atoms with Gasteiger partial charge in [-0.3, -0.25) is 4.79 Å². The molecule has 1 unspecified atom stereocenters. The Morgan fingerprint density at radius 3 is 2.80 bits per heavy atom. The summed E-state index contributed by atoms with van der Waals surface area (Å²) in [6.45, 7) is 3.49. The predicted octanol–water partition coefficient (Wildman–Crippen LogP) is 0.486. The van der Waals surface area contributed by atoms with E-state index in [1.54, 1.807) is 26.1 Å². The fourth-order valence-electron chi connectivity index (χ4n) is 1.11. The summed E-state index contributed by atoms with van der Waals surface area (Å²) in [5, 5.41) is 2.49. The Morgan fingerprint density at radius 2 is 2.27 bits per heavy atom. The summed E-state index contributed by atoms with van der Waals surface area (Å²) in [4.78, 5) is 15.2. The second kappa shape index (κ2) is 4.63. The quantitative estimate of drug-likeness (QED) is 0.759. The molecule has 3 N–H and O–H groups in total. The minimum Gasteiger partial charge on any atom is -0.477 e. The molecule has 0 aliphatic heterocycles. The van der Waals surface area contributed by atoms with Crippen molar-refractivity contribution in [2.45, 2.75) is 20.0 Å². The van der Waals surface area contributed by atoms with Crippen molar-refractivity contribution in [1.29, 1.82) is 0 Å². The number of pyridine rings is 1. The maximum atomic E-state index is 11.2. The fraction of sp³-hybridized carbons (Fsp3) is 0.400. The monoisotopic (exact) mass is 209 g/mol. The van der Waals surface area contributed by atoms with Crippen LogP contribution >= 0.6 is 0 Å². The number of amides is 1. The van der Waals surface area contributed by atoms with Crippen LogP contribution in [0.4, 0.5) is 5.82 Å². The molecule has 1 aromatic rings. The van der Waals surface area contributed by atoms with Crippen LogP contribution in [0, 0.1) is 6.92 Å². The van der Waals surface area contributed by atoms with E-state index in [-0.39, 0.29) is 5.91 Å². The van der Waals surface area contributed by atoms with Crippen LogP contribution in [-0.2, 0) is 4.79 Å². The first-order valence-electron chi connectivity index (χ1n) is 4.66. The topological polar surface area (TPSA) is 77.2 Å². The molecule has 1 amide bonds. The van der Waals surface area contributed by atoms with Gasteiger partial charge in [0, 0.05) is 12.7 Å². The van der Waals surface area contributed by atoms with E-state index in [0.717, 1.165) is 5.69 Å². The van der Waals surface area contributed by atoms with Crippen LogP contribution in [0.1, 0.15) is 12.6 Å². The number of nitrogen functional groups attached to an aromatic ring is 1. The number of nitrogens with one attached hydrogen (secondary N) is 1. The van der Waals surface area contributed by atoms with Crippen molar-refractivity contribution in [3.05, 3.63) is 17.8 Å². The summed E-state index contributed by atoms with van der Waals surface area (Å²) in [6, 6.07) is 3.49. The van der Waals surface area contributed by atoms with Gasteiger partial charge in [-0.25, -0.2) is 4.98 Å². The number of carbonyl (C=O) groups excluding carboxylic acids is 1. The van der Waals surface area contributed by atoms with Crippen LogP contribution in [0.3, 0.4) is 0 Å². The van der Waals surface area contributed by atoms with Crippen molar-refractivity contribution in [2.75, 3.05) is 12.8 Å². The van der Waals surface area contributed by atoms with Gasteiger partial charge in [0.05, 0.1) is 0 Å². The summed E-state index contributed by atoms with van der Waals surface area (Å²) >= 11 is 0. The second-order valence-electron chi connectivity index (χ2n) is 3.21. The van der Waals surface area contributed by atoms with Crippen LogP contribution in [0.2, 0.25) is 0 Å². The third kappa shape index (κ3) is 2.83. The standard InChI is InChI=1S/C10H15N3O2/c1-6-4-5-8(9(11)13-6)15-7(2)10(14)12-3/h4-5,7H,1-3H3,(H2,11,13)(H,12,14). The highest BCUT2D eigenvalue weighted by Crippen LogP contribution is 2.19. The van der Waals surface area contributed by atoms with Crippen molar-refractivity contribution in [2.24, 2.45) is 0 Å². The minimum absolute atomic E-state index is 0.199. The number of nitrogens with zero attached hydrogens (tertiary/aromatic N) is 1. The van der Waals surface area contributed by atoms with E-state index in [4.69, 9.17) is 10.5 Å². The molecule has 1 aromatic heterocycles. The maximum absolute atomic E-state index is 11.2. The third-order valence-corrected chi connectivity index (χ3v) is 1.94. The number of aromatic nitrogens is 1. The number of hydrogen-bond acceptors (Lipinski definition) is 4. The maximum Gasteiger partial charge on any atom is 0.260 e. The Hall–Kier alpha value is -1.78. The van der Waals surface area contributed by atoms with Gasteiger partial charge in [0.2, 0.25) is 0 Å². The first-order chi connectivity index (χ1) is 7.04. The summed E-state index contributed by atoms with van der Waals surface area (Å²) < 4.78 is 5.35. The van der Waals surface area contributed by atoms with Gasteiger partial charge in [0.1, 0.15) is 0 Å². The Morgan fingerprint density at radius 1 is 1.60 bits per heavy atom. The molecule has 1 heterocycles. The van der Waals surface area contributed by atoms with Crippen LogP contribution in [0.15, 0.2) is 12.1 Å². The van der Waals surface area contributed by atoms with Crippen LogP contribution in [0.5, 0.6) is 5.75 Å². The Labute approximate surface area is 88.6 Å². The zero-order valence-corrected chi connectivity index (χ0v) is 9.07. The lowest BCUT2D eigenvalue weighted by Crippen LogP contribution is -2.33. The lowest BCUT2D eigenvalue weighted by Gasteiger charge is -2.14. The largest absolute Gasteiger partial charge is 0.477 e. The molecular weight excluding hydrogens is 194 g/mol. The van der Waals surface area contributed by atoms with Crippen molar-refractivity contribution in [3.8, 4) is 5.75 Å². The number of carbonyl (C=O) groups is 1. The number of aryl methyl sites for hydroxylation is 1. The van der Waals surface area contributed by atoms with Gasteiger partial charge in [0.15, 0.2) is 17.7 Å². The van der Waals surface area contributed by atoms with Crippen LogP contribution < -0.4 is 15.8 Å². The van der Waals surface area contributed by atoms with E-state index >= 15 is 0 Å². The molecular formula is C10H15N3O2. The van der Waals surface area contributed by atoms with Gasteiger partial charge in [0.25, 0.3) is 5.91 Å². The predicted molar refractivity (Wildman–Crippen MR) is 57.5 cm³/mol. The SMILES string of the molecule is CNC(=O)C(C)Oc1ccc(C)nc1N. The lowest BCUT2D eigenvalue weighted by molar-refractivity contribution is -0.126. The molecule has 0 saturated heterocycles. The molecule has 0 aliphatic carbocycles. The van der Waals surface area contributed by atoms with Crippen molar-refractivity contribution < 1.29 is 9.53 Å². The van der Waals surface area contributed by atoms with Gasteiger partial charge >= 0.3 is 0 Å². The fourth-order valence-corrected chi connectivity index (χ4v) is 1.11. The lowest BCUT2D eigenvalue weighted by atomic mass is 10.3. The third-order valence-electron chi connectivity index (χ3n) is 1.94. The highest BCUT2D eigenvalue weighted by Gasteiger charge is 2.14. The molecule has 0 aliphatic rings. The second-order valence-corrected chi connectivity index (χ2v) is 3.21. The van der Waals surface area contributed by atoms with Crippen LogP contribution in [0.25, 0.3) is 0 Å². The Balaban J connectivity index is 2.76. The summed E-state index contributed by atoms with van der Waals surface area (Å²) in [5.74, 6) is 0.525. The molecule has 0 bridgehead atoms. The van der Waals surface area contributed by atoms with E-state index in [1.807, 2.05) is 6.92 Å². The van der Waals surface area contributed by atoms with Crippen molar-refractivity contribution in [1.82, 2.24) is 10.3 Å². The van der Waals surface area contributed by atoms with Crippen molar-refractivity contribution >= 4 is 11.7 Å². The minimum atomic E-state index is -0.582. The highest BCUT2D eigenvalue weighted by molar-refractivity contribution is 5.80. The molecule has 5 nitrogen and oxygen atoms in total. The number of likely N-dealkylation sites (N-methyl/N-ethyl adjacent to an activating group) is 1. The molecule has 0 radical (unpaired) electrons. The van der Waals surface area contributed by atoms with Crippen molar-refractivity contribution in [3.63, 3.8) is 0 Å². The van der Waals surface area contributed by atoms with E-state index in [2.05, 4.69) is 10.3 Å². The van der Waals surface area contributed by atoms with Gasteiger partial charge < -0.3 is 15.8 Å². The first kappa shape index (κ1) is 11.3. The molecule has 1 rings (SSSR count). The van der Waals surface area contributed by atoms with E-state index in [0.29, 0.717) is 11.6 Å². The summed E-state index contributed by atoms with van der Waals surface area (Å²) in [6.07, 6.45) is -0.582. The summed E-state index contributed by atoms with van der Waals surface area (Å²) in [7, 11) is 1.55. The Bertz CT molecular complexity index is 366. The van der Waals surface area contributed by atoms with Gasteiger partial charge in [-0.05, 0) is 26.0 Å². The average Bonchev–Trinajstić information content (AvgIpc) is 2.20. The average molecular weight is 209 g/mol. The van der Waals surface area contributed by atoms with Crippen LogP contribution in [-0.4, -0.2) is 24.0 Å². The highest BCUT2D eigenvalue weighted by atomic mass is 16.5. The number of ether oxygens (including phenoxy) is 1. The molecule has 15 heavy (non-hydrogen) atoms. The summed E-state index contributed by atoms with van der Waals surface area (Å²) in [5.41, 5.74) is 6.46. The molecule has 82 valence electrons. The smallest absolute Gasteiger partial charge is 0.260 e. The van der Waals surface area contributed by atoms with E-state index < -0.39 is 6.10 Å². The number of nitrogens with two attached hydrogens (primary N) is 1. The number of anilines is 1. The van der Waals surface area contributed by atoms with E-state index in [1.165, 1.54) is 0 Å². The van der Waals surface area contributed by atoms with Gasteiger partial charge in [-0.15, -0.1) is 0 Å². The molecule has 0 aromatic carbocycles. The zero-order chi connectivity index (χ0) is 11.4. The molecule has 0 spiro atoms. The molecule has 0 fully saturated rings. The molecule has 0 saturated carbocycles. The number of hydrogen-bond donors (Lipinski definition) is 2. The first-order valence-corrected chi connectivity index (χ1v) is 4.66. The number of rotatable bonds is 3. The molecule has 1 atom stereocenters. The molecule has 5 heteroatoms. The van der Waals surface area contributed by atoms with Gasteiger partial charge in [-0.2, -0.15) is 0 Å².